The molecular formula is C11H18N2O3S. The summed E-state index contributed by atoms with van der Waals surface area (Å²) in [6.07, 6.45) is 2.68. The van der Waals surface area contributed by atoms with Crippen molar-refractivity contribution >= 4 is 15.6 Å². The number of carbonyl (C=O) groups is 1. The van der Waals surface area contributed by atoms with Gasteiger partial charge in [0.2, 0.25) is 0 Å². The third-order valence-corrected chi connectivity index (χ3v) is 3.23. The Morgan fingerprint density at radius 1 is 1.41 bits per heavy atom. The normalized spacial score (nSPS) is 12.7. The fourth-order valence-electron chi connectivity index (χ4n) is 1.34. The number of sulfone groups is 1. The van der Waals surface area contributed by atoms with Gasteiger partial charge in [-0.1, -0.05) is 20.8 Å². The van der Waals surface area contributed by atoms with Crippen molar-refractivity contribution in [3.05, 3.63) is 18.0 Å². The molecule has 0 aliphatic heterocycles. The number of nitrogens with zero attached hydrogens (tertiary/aromatic N) is 2. The fraction of sp³-hybridized carbons (Fsp3) is 0.636. The van der Waals surface area contributed by atoms with Crippen molar-refractivity contribution in [1.29, 1.82) is 0 Å². The van der Waals surface area contributed by atoms with Crippen molar-refractivity contribution in [3.63, 3.8) is 0 Å². The molecule has 0 unspecified atom stereocenters. The Balaban J connectivity index is 2.91. The number of aromatic nitrogens is 2. The summed E-state index contributed by atoms with van der Waals surface area (Å²) < 4.78 is 23.6. The van der Waals surface area contributed by atoms with E-state index in [-0.39, 0.29) is 18.1 Å². The molecule has 1 aromatic rings. The number of ketones is 1. The fourth-order valence-corrected chi connectivity index (χ4v) is 1.84. The van der Waals surface area contributed by atoms with Gasteiger partial charge < -0.3 is 0 Å². The summed E-state index contributed by atoms with van der Waals surface area (Å²) >= 11 is 0. The highest BCUT2D eigenvalue weighted by molar-refractivity contribution is 7.90. The number of Topliss-reactive ketones (excluding diaryl/α,β-unsaturated/α-hetero) is 1. The predicted octanol–water partition coefficient (Wildman–Crippen LogP) is 1.16. The van der Waals surface area contributed by atoms with Gasteiger partial charge in [-0.2, -0.15) is 5.10 Å². The Morgan fingerprint density at radius 3 is 2.47 bits per heavy atom. The molecule has 0 spiro atoms. The van der Waals surface area contributed by atoms with Crippen molar-refractivity contribution in [2.45, 2.75) is 27.3 Å². The Morgan fingerprint density at radius 2 is 2.00 bits per heavy atom. The molecule has 0 aliphatic rings. The summed E-state index contributed by atoms with van der Waals surface area (Å²) in [5.74, 6) is -0.0532. The van der Waals surface area contributed by atoms with Crippen molar-refractivity contribution in [2.75, 3.05) is 12.0 Å². The molecule has 6 heteroatoms. The molecule has 0 bridgehead atoms. The zero-order valence-electron chi connectivity index (χ0n) is 10.6. The van der Waals surface area contributed by atoms with Crippen LogP contribution in [0.1, 0.15) is 31.3 Å². The average Bonchev–Trinajstić information content (AvgIpc) is 2.58. The summed E-state index contributed by atoms with van der Waals surface area (Å²) in [4.78, 5) is 12.1. The van der Waals surface area contributed by atoms with E-state index in [2.05, 4.69) is 5.10 Å². The first-order valence-electron chi connectivity index (χ1n) is 5.35. The molecule has 1 rings (SSSR count). The quantitative estimate of drug-likeness (QED) is 0.760. The van der Waals surface area contributed by atoms with Gasteiger partial charge in [-0.05, 0) is 6.07 Å². The first kappa shape index (κ1) is 13.9. The molecule has 0 aliphatic carbocycles. The SMILES string of the molecule is CC(C)(C)C(=O)c1ccnn1CCS(C)(=O)=O. The second kappa shape index (κ2) is 4.60. The molecule has 0 saturated heterocycles. The molecule has 1 aromatic heterocycles. The van der Waals surface area contributed by atoms with E-state index in [0.717, 1.165) is 0 Å². The summed E-state index contributed by atoms with van der Waals surface area (Å²) in [6, 6.07) is 1.62. The molecule has 96 valence electrons. The molecule has 0 aromatic carbocycles. The van der Waals surface area contributed by atoms with Crippen LogP contribution in [0.15, 0.2) is 12.3 Å². The summed E-state index contributed by atoms with van der Waals surface area (Å²) in [5, 5.41) is 3.99. The number of rotatable bonds is 4. The van der Waals surface area contributed by atoms with Crippen LogP contribution in [-0.4, -0.2) is 36.0 Å². The van der Waals surface area contributed by atoms with Crippen LogP contribution in [0.4, 0.5) is 0 Å². The van der Waals surface area contributed by atoms with Crippen LogP contribution in [0.2, 0.25) is 0 Å². The highest BCUT2D eigenvalue weighted by Gasteiger charge is 2.25. The Kier molecular flexibility index (Phi) is 3.76. The lowest BCUT2D eigenvalue weighted by Crippen LogP contribution is -2.25. The lowest BCUT2D eigenvalue weighted by molar-refractivity contribution is 0.0846. The Bertz CT molecular complexity index is 509. The summed E-state index contributed by atoms with van der Waals surface area (Å²) in [6.45, 7) is 5.68. The molecule has 0 N–H and O–H groups in total. The Labute approximate surface area is 102 Å². The van der Waals surface area contributed by atoms with Crippen LogP contribution in [0.5, 0.6) is 0 Å². The van der Waals surface area contributed by atoms with Crippen LogP contribution in [0.25, 0.3) is 0 Å². The van der Waals surface area contributed by atoms with E-state index < -0.39 is 15.3 Å². The van der Waals surface area contributed by atoms with Gasteiger partial charge in [0, 0.05) is 17.9 Å². The lowest BCUT2D eigenvalue weighted by atomic mass is 9.89. The topological polar surface area (TPSA) is 69.0 Å². The minimum Gasteiger partial charge on any atom is -0.292 e. The van der Waals surface area contributed by atoms with Gasteiger partial charge in [0.25, 0.3) is 0 Å². The number of hydrogen-bond donors (Lipinski definition) is 0. The number of carbonyl (C=O) groups excluding carboxylic acids is 1. The first-order chi connectivity index (χ1) is 7.61. The van der Waals surface area contributed by atoms with Crippen molar-refractivity contribution in [3.8, 4) is 0 Å². The van der Waals surface area contributed by atoms with E-state index in [0.29, 0.717) is 5.69 Å². The van der Waals surface area contributed by atoms with Crippen molar-refractivity contribution < 1.29 is 13.2 Å². The van der Waals surface area contributed by atoms with E-state index in [4.69, 9.17) is 0 Å². The van der Waals surface area contributed by atoms with Gasteiger partial charge in [-0.15, -0.1) is 0 Å². The molecule has 0 atom stereocenters. The zero-order chi connectivity index (χ0) is 13.3. The van der Waals surface area contributed by atoms with E-state index in [1.807, 2.05) is 20.8 Å². The van der Waals surface area contributed by atoms with Gasteiger partial charge in [-0.25, -0.2) is 8.42 Å². The monoisotopic (exact) mass is 258 g/mol. The molecule has 0 radical (unpaired) electrons. The molecule has 0 amide bonds. The van der Waals surface area contributed by atoms with Crippen molar-refractivity contribution in [2.24, 2.45) is 5.41 Å². The van der Waals surface area contributed by atoms with Crippen LogP contribution in [0.3, 0.4) is 0 Å². The first-order valence-corrected chi connectivity index (χ1v) is 7.41. The number of hydrogen-bond acceptors (Lipinski definition) is 4. The largest absolute Gasteiger partial charge is 0.292 e. The summed E-state index contributed by atoms with van der Waals surface area (Å²) in [7, 11) is -3.05. The van der Waals surface area contributed by atoms with Gasteiger partial charge in [-0.3, -0.25) is 9.48 Å². The maximum absolute atomic E-state index is 12.1. The van der Waals surface area contributed by atoms with Gasteiger partial charge in [0.15, 0.2) is 5.78 Å². The van der Waals surface area contributed by atoms with E-state index in [9.17, 15) is 13.2 Å². The van der Waals surface area contributed by atoms with E-state index >= 15 is 0 Å². The number of aryl methyl sites for hydroxylation is 1. The predicted molar refractivity (Wildman–Crippen MR) is 65.7 cm³/mol. The van der Waals surface area contributed by atoms with E-state index in [1.165, 1.54) is 17.1 Å². The molecular weight excluding hydrogens is 240 g/mol. The highest BCUT2D eigenvalue weighted by Crippen LogP contribution is 2.20. The standard InChI is InChI=1S/C11H18N2O3S/c1-11(2,3)10(14)9-5-6-12-13(9)7-8-17(4,15)16/h5-6H,7-8H2,1-4H3. The minimum absolute atomic E-state index is 0.0148. The van der Waals surface area contributed by atoms with Crippen molar-refractivity contribution in [1.82, 2.24) is 9.78 Å². The molecule has 17 heavy (non-hydrogen) atoms. The smallest absolute Gasteiger partial charge is 0.186 e. The van der Waals surface area contributed by atoms with Crippen LogP contribution >= 0.6 is 0 Å². The maximum Gasteiger partial charge on any atom is 0.186 e. The second-order valence-electron chi connectivity index (χ2n) is 5.15. The second-order valence-corrected chi connectivity index (χ2v) is 7.41. The van der Waals surface area contributed by atoms with Gasteiger partial charge in [0.1, 0.15) is 15.5 Å². The highest BCUT2D eigenvalue weighted by atomic mass is 32.2. The van der Waals surface area contributed by atoms with Crippen LogP contribution < -0.4 is 0 Å². The Hall–Kier alpha value is -1.17. The summed E-state index contributed by atoms with van der Waals surface area (Å²) in [5.41, 5.74) is -0.0378. The molecule has 0 fully saturated rings. The average molecular weight is 258 g/mol. The third-order valence-electron chi connectivity index (χ3n) is 2.30. The van der Waals surface area contributed by atoms with Gasteiger partial charge >= 0.3 is 0 Å². The molecule has 0 saturated carbocycles. The molecule has 1 heterocycles. The lowest BCUT2D eigenvalue weighted by Gasteiger charge is -2.17. The van der Waals surface area contributed by atoms with Crippen LogP contribution in [-0.2, 0) is 16.4 Å². The maximum atomic E-state index is 12.1. The van der Waals surface area contributed by atoms with Gasteiger partial charge in [0.05, 0.1) is 12.3 Å². The zero-order valence-corrected chi connectivity index (χ0v) is 11.4. The minimum atomic E-state index is -3.05. The third kappa shape index (κ3) is 3.96. The van der Waals surface area contributed by atoms with Crippen LogP contribution in [0, 0.1) is 5.41 Å². The van der Waals surface area contributed by atoms with E-state index in [1.54, 1.807) is 6.07 Å². The molecule has 5 nitrogen and oxygen atoms in total.